The van der Waals surface area contributed by atoms with E-state index in [0.717, 1.165) is 12.0 Å². The third-order valence-electron chi connectivity index (χ3n) is 2.80. The second-order valence-electron chi connectivity index (χ2n) is 4.52. The van der Waals surface area contributed by atoms with Crippen molar-refractivity contribution in [2.75, 3.05) is 13.2 Å². The summed E-state index contributed by atoms with van der Waals surface area (Å²) < 4.78 is 5.06. The van der Waals surface area contributed by atoms with Gasteiger partial charge < -0.3 is 9.64 Å². The molecule has 4 heteroatoms. The fourth-order valence-electron chi connectivity index (χ4n) is 1.70. The first-order valence-electron chi connectivity index (χ1n) is 6.71. The normalized spacial score (nSPS) is 9.90. The Morgan fingerprint density at radius 1 is 1.30 bits per heavy atom. The van der Waals surface area contributed by atoms with Gasteiger partial charge in [-0.2, -0.15) is 0 Å². The predicted octanol–water partition coefficient (Wildman–Crippen LogP) is 2.79. The molecule has 0 aliphatic carbocycles. The summed E-state index contributed by atoms with van der Waals surface area (Å²) in [5.74, 6) is -0.316. The van der Waals surface area contributed by atoms with Gasteiger partial charge >= 0.3 is 5.97 Å². The van der Waals surface area contributed by atoms with E-state index in [4.69, 9.17) is 4.74 Å². The number of hydrogen-bond acceptors (Lipinski definition) is 3. The molecule has 0 saturated carbocycles. The summed E-state index contributed by atoms with van der Waals surface area (Å²) in [4.78, 5) is 24.8. The van der Waals surface area contributed by atoms with Crippen molar-refractivity contribution in [3.8, 4) is 0 Å². The molecule has 0 aromatic heterocycles. The molecule has 0 unspecified atom stereocenters. The molecular weight excluding hydrogens is 254 g/mol. The Bertz CT molecular complexity index is 465. The van der Waals surface area contributed by atoms with E-state index < -0.39 is 0 Å². The summed E-state index contributed by atoms with van der Waals surface area (Å²) in [6.45, 7) is 8.56. The van der Waals surface area contributed by atoms with E-state index in [0.29, 0.717) is 25.3 Å². The van der Waals surface area contributed by atoms with Crippen LogP contribution >= 0.6 is 0 Å². The molecule has 0 spiro atoms. The third-order valence-corrected chi connectivity index (χ3v) is 2.80. The molecule has 4 nitrogen and oxygen atoms in total. The van der Waals surface area contributed by atoms with E-state index in [9.17, 15) is 9.59 Å². The van der Waals surface area contributed by atoms with Crippen LogP contribution in [-0.4, -0.2) is 29.9 Å². The number of nitrogens with zero attached hydrogens (tertiary/aromatic N) is 1. The van der Waals surface area contributed by atoms with Crippen molar-refractivity contribution in [1.29, 1.82) is 0 Å². The number of benzene rings is 1. The van der Waals surface area contributed by atoms with Gasteiger partial charge in [0, 0.05) is 20.0 Å². The Kier molecular flexibility index (Phi) is 6.50. The lowest BCUT2D eigenvalue weighted by molar-refractivity contribution is -0.128. The van der Waals surface area contributed by atoms with Crippen LogP contribution in [0.4, 0.5) is 0 Å². The van der Waals surface area contributed by atoms with E-state index in [1.165, 1.54) is 6.92 Å². The monoisotopic (exact) mass is 275 g/mol. The van der Waals surface area contributed by atoms with Crippen LogP contribution in [0.3, 0.4) is 0 Å². The molecule has 1 amide bonds. The van der Waals surface area contributed by atoms with Crippen molar-refractivity contribution in [2.45, 2.75) is 26.8 Å². The molecule has 1 aromatic rings. The number of ether oxygens (including phenoxy) is 1. The van der Waals surface area contributed by atoms with Gasteiger partial charge in [0.25, 0.3) is 0 Å². The average Bonchev–Trinajstić information content (AvgIpc) is 2.45. The lowest BCUT2D eigenvalue weighted by atomic mass is 10.1. The molecule has 0 N–H and O–H groups in total. The minimum Gasteiger partial charge on any atom is -0.462 e. The first-order chi connectivity index (χ1) is 9.58. The van der Waals surface area contributed by atoms with Crippen molar-refractivity contribution in [1.82, 2.24) is 4.90 Å². The Morgan fingerprint density at radius 2 is 1.95 bits per heavy atom. The summed E-state index contributed by atoms with van der Waals surface area (Å²) in [6, 6.07) is 7.11. The van der Waals surface area contributed by atoms with Crippen LogP contribution in [0.15, 0.2) is 36.9 Å². The van der Waals surface area contributed by atoms with Gasteiger partial charge in [0.15, 0.2) is 0 Å². The molecule has 0 aliphatic heterocycles. The Labute approximate surface area is 120 Å². The molecule has 0 fully saturated rings. The summed E-state index contributed by atoms with van der Waals surface area (Å²) in [6.07, 6.45) is 2.50. The van der Waals surface area contributed by atoms with Crippen LogP contribution in [-0.2, 0) is 16.1 Å². The molecule has 0 radical (unpaired) electrons. The van der Waals surface area contributed by atoms with Gasteiger partial charge in [-0.15, -0.1) is 6.58 Å². The van der Waals surface area contributed by atoms with Crippen LogP contribution in [0.1, 0.15) is 36.2 Å². The molecule has 0 saturated heterocycles. The van der Waals surface area contributed by atoms with Gasteiger partial charge in [-0.3, -0.25) is 4.79 Å². The van der Waals surface area contributed by atoms with Crippen LogP contribution in [0.2, 0.25) is 0 Å². The SMILES string of the molecule is C=CCN(Cc1ccc(C(=O)OCCC)cc1)C(C)=O. The smallest absolute Gasteiger partial charge is 0.338 e. The summed E-state index contributed by atoms with van der Waals surface area (Å²) in [7, 11) is 0. The first-order valence-corrected chi connectivity index (χ1v) is 6.71. The van der Waals surface area contributed by atoms with Crippen molar-refractivity contribution in [3.63, 3.8) is 0 Å². The lowest BCUT2D eigenvalue weighted by Crippen LogP contribution is -2.28. The van der Waals surface area contributed by atoms with Crippen LogP contribution < -0.4 is 0 Å². The minimum absolute atomic E-state index is 0.00340. The number of hydrogen-bond donors (Lipinski definition) is 0. The zero-order chi connectivity index (χ0) is 15.0. The summed E-state index contributed by atoms with van der Waals surface area (Å²) in [5, 5.41) is 0. The highest BCUT2D eigenvalue weighted by Gasteiger charge is 2.09. The van der Waals surface area contributed by atoms with E-state index in [-0.39, 0.29) is 11.9 Å². The third kappa shape index (κ3) is 4.88. The molecule has 108 valence electrons. The second-order valence-corrected chi connectivity index (χ2v) is 4.52. The summed E-state index contributed by atoms with van der Waals surface area (Å²) >= 11 is 0. The van der Waals surface area contributed by atoms with Crippen LogP contribution in [0, 0.1) is 0 Å². The zero-order valence-electron chi connectivity index (χ0n) is 12.1. The largest absolute Gasteiger partial charge is 0.462 e. The lowest BCUT2D eigenvalue weighted by Gasteiger charge is -2.19. The Balaban J connectivity index is 2.68. The highest BCUT2D eigenvalue weighted by molar-refractivity contribution is 5.89. The van der Waals surface area contributed by atoms with Gasteiger partial charge in [0.05, 0.1) is 12.2 Å². The van der Waals surface area contributed by atoms with Gasteiger partial charge in [0.2, 0.25) is 5.91 Å². The molecule has 1 aromatic carbocycles. The second kappa shape index (κ2) is 8.15. The van der Waals surface area contributed by atoms with Crippen molar-refractivity contribution < 1.29 is 14.3 Å². The van der Waals surface area contributed by atoms with E-state index in [1.807, 2.05) is 19.1 Å². The Hall–Kier alpha value is -2.10. The van der Waals surface area contributed by atoms with Gasteiger partial charge in [0.1, 0.15) is 0 Å². The van der Waals surface area contributed by atoms with E-state index in [2.05, 4.69) is 6.58 Å². The van der Waals surface area contributed by atoms with Crippen LogP contribution in [0.5, 0.6) is 0 Å². The van der Waals surface area contributed by atoms with E-state index >= 15 is 0 Å². The van der Waals surface area contributed by atoms with Gasteiger partial charge in [-0.25, -0.2) is 4.79 Å². The fraction of sp³-hybridized carbons (Fsp3) is 0.375. The number of carbonyl (C=O) groups excluding carboxylic acids is 2. The van der Waals surface area contributed by atoms with Gasteiger partial charge in [-0.1, -0.05) is 25.1 Å². The van der Waals surface area contributed by atoms with Gasteiger partial charge in [-0.05, 0) is 24.1 Å². The number of esters is 1. The summed E-state index contributed by atoms with van der Waals surface area (Å²) in [5.41, 5.74) is 1.49. The van der Waals surface area contributed by atoms with Crippen molar-refractivity contribution >= 4 is 11.9 Å². The maximum atomic E-state index is 11.6. The number of rotatable bonds is 7. The minimum atomic E-state index is -0.312. The fourth-order valence-corrected chi connectivity index (χ4v) is 1.70. The first kappa shape index (κ1) is 16.0. The molecule has 20 heavy (non-hydrogen) atoms. The number of amides is 1. The average molecular weight is 275 g/mol. The molecule has 0 bridgehead atoms. The van der Waals surface area contributed by atoms with Crippen LogP contribution in [0.25, 0.3) is 0 Å². The maximum absolute atomic E-state index is 11.6. The van der Waals surface area contributed by atoms with Crippen molar-refractivity contribution in [3.05, 3.63) is 48.0 Å². The highest BCUT2D eigenvalue weighted by atomic mass is 16.5. The predicted molar refractivity (Wildman–Crippen MR) is 78.3 cm³/mol. The molecule has 0 atom stereocenters. The molecular formula is C16H21NO3. The van der Waals surface area contributed by atoms with Crippen molar-refractivity contribution in [2.24, 2.45) is 0 Å². The quantitative estimate of drug-likeness (QED) is 0.568. The highest BCUT2D eigenvalue weighted by Crippen LogP contribution is 2.09. The molecule has 0 heterocycles. The topological polar surface area (TPSA) is 46.6 Å². The molecule has 0 aliphatic rings. The Morgan fingerprint density at radius 3 is 2.45 bits per heavy atom. The zero-order valence-corrected chi connectivity index (χ0v) is 12.1. The number of carbonyl (C=O) groups is 2. The van der Waals surface area contributed by atoms with E-state index in [1.54, 1.807) is 23.1 Å². The molecule has 1 rings (SSSR count). The maximum Gasteiger partial charge on any atom is 0.338 e. The standard InChI is InChI=1S/C16H21NO3/c1-4-10-17(13(3)18)12-14-6-8-15(9-7-14)16(19)20-11-5-2/h4,6-9H,1,5,10-12H2,2-3H3.